The van der Waals surface area contributed by atoms with Crippen molar-refractivity contribution in [3.63, 3.8) is 0 Å². The largest absolute Gasteiger partial charge is 0.479 e. The summed E-state index contributed by atoms with van der Waals surface area (Å²) in [6.45, 7) is 4.55. The first-order valence-electron chi connectivity index (χ1n) is 7.19. The highest BCUT2D eigenvalue weighted by atomic mass is 16.5. The maximum Gasteiger partial charge on any atom is 0.263 e. The number of likely N-dealkylation sites (tertiary alicyclic amines) is 1. The predicted octanol–water partition coefficient (Wildman–Crippen LogP) is 0.976. The van der Waals surface area contributed by atoms with E-state index in [9.17, 15) is 9.59 Å². The quantitative estimate of drug-likeness (QED) is 0.897. The number of pyridine rings is 1. The van der Waals surface area contributed by atoms with Crippen LogP contribution in [-0.4, -0.2) is 46.9 Å². The lowest BCUT2D eigenvalue weighted by atomic mass is 10.0. The number of nitrogens with one attached hydrogen (secondary N) is 1. The van der Waals surface area contributed by atoms with E-state index < -0.39 is 6.10 Å². The van der Waals surface area contributed by atoms with Crippen molar-refractivity contribution in [2.24, 2.45) is 0 Å². The van der Waals surface area contributed by atoms with Gasteiger partial charge in [0.1, 0.15) is 5.75 Å². The number of aromatic nitrogens is 1. The molecule has 1 aromatic rings. The number of ether oxygens (including phenoxy) is 1. The lowest BCUT2D eigenvalue weighted by molar-refractivity contribution is -0.139. The number of nitrogens with zero attached hydrogens (tertiary/aromatic N) is 2. The molecule has 1 atom stereocenters. The zero-order valence-electron chi connectivity index (χ0n) is 12.4. The minimum atomic E-state index is -0.536. The summed E-state index contributed by atoms with van der Waals surface area (Å²) in [7, 11) is 0. The average molecular weight is 291 g/mol. The molecule has 1 unspecified atom stereocenters. The Morgan fingerprint density at radius 1 is 1.43 bits per heavy atom. The molecule has 114 valence electrons. The van der Waals surface area contributed by atoms with E-state index in [2.05, 4.69) is 10.3 Å². The molecule has 0 spiro atoms. The highest BCUT2D eigenvalue weighted by Gasteiger charge is 2.27. The Labute approximate surface area is 124 Å². The fraction of sp³-hybridized carbons (Fsp3) is 0.533. The van der Waals surface area contributed by atoms with Crippen molar-refractivity contribution < 1.29 is 14.3 Å². The van der Waals surface area contributed by atoms with Crippen LogP contribution in [0.15, 0.2) is 24.5 Å². The minimum Gasteiger partial charge on any atom is -0.479 e. The van der Waals surface area contributed by atoms with Gasteiger partial charge < -0.3 is 15.0 Å². The normalized spacial score (nSPS) is 17.1. The van der Waals surface area contributed by atoms with Crippen molar-refractivity contribution >= 4 is 11.8 Å². The summed E-state index contributed by atoms with van der Waals surface area (Å²) in [6.07, 6.45) is 4.28. The number of hydrogen-bond donors (Lipinski definition) is 1. The molecule has 0 aromatic carbocycles. The zero-order valence-corrected chi connectivity index (χ0v) is 12.4. The average Bonchev–Trinajstić information content (AvgIpc) is 2.47. The van der Waals surface area contributed by atoms with E-state index in [1.165, 1.54) is 6.92 Å². The molecule has 0 bridgehead atoms. The fourth-order valence-electron chi connectivity index (χ4n) is 2.46. The summed E-state index contributed by atoms with van der Waals surface area (Å²) >= 11 is 0. The van der Waals surface area contributed by atoms with E-state index in [1.54, 1.807) is 36.4 Å². The van der Waals surface area contributed by atoms with E-state index in [0.717, 1.165) is 12.8 Å². The molecule has 6 nitrogen and oxygen atoms in total. The minimum absolute atomic E-state index is 0.0203. The Balaban J connectivity index is 1.82. The zero-order chi connectivity index (χ0) is 15.2. The third-order valence-electron chi connectivity index (χ3n) is 3.51. The van der Waals surface area contributed by atoms with Crippen LogP contribution in [0, 0.1) is 0 Å². The maximum absolute atomic E-state index is 12.3. The number of carbonyl (C=O) groups excluding carboxylic acids is 2. The van der Waals surface area contributed by atoms with Gasteiger partial charge in [0, 0.05) is 32.3 Å². The third-order valence-corrected chi connectivity index (χ3v) is 3.51. The molecule has 2 heterocycles. The van der Waals surface area contributed by atoms with Crippen LogP contribution >= 0.6 is 0 Å². The van der Waals surface area contributed by atoms with Gasteiger partial charge in [-0.1, -0.05) is 0 Å². The van der Waals surface area contributed by atoms with Crippen molar-refractivity contribution in [2.75, 3.05) is 13.1 Å². The van der Waals surface area contributed by atoms with Crippen LogP contribution in [0.3, 0.4) is 0 Å². The molecule has 1 aliphatic rings. The maximum atomic E-state index is 12.3. The van der Waals surface area contributed by atoms with Gasteiger partial charge >= 0.3 is 0 Å². The number of rotatable bonds is 4. The summed E-state index contributed by atoms with van der Waals surface area (Å²) in [6, 6.07) is 3.71. The first-order valence-corrected chi connectivity index (χ1v) is 7.19. The predicted molar refractivity (Wildman–Crippen MR) is 77.7 cm³/mol. The van der Waals surface area contributed by atoms with Gasteiger partial charge in [-0.05, 0) is 31.9 Å². The lowest BCUT2D eigenvalue weighted by Crippen LogP contribution is -2.49. The smallest absolute Gasteiger partial charge is 0.263 e. The number of amides is 2. The molecule has 1 saturated heterocycles. The van der Waals surface area contributed by atoms with Crippen LogP contribution in [0.2, 0.25) is 0 Å². The molecular weight excluding hydrogens is 270 g/mol. The second kappa shape index (κ2) is 7.06. The van der Waals surface area contributed by atoms with Crippen LogP contribution in [0.1, 0.15) is 26.7 Å². The highest BCUT2D eigenvalue weighted by Crippen LogP contribution is 2.14. The molecule has 1 N–H and O–H groups in total. The van der Waals surface area contributed by atoms with E-state index in [0.29, 0.717) is 18.8 Å². The van der Waals surface area contributed by atoms with Gasteiger partial charge in [0.05, 0.1) is 6.20 Å². The SMILES string of the molecule is CC(=O)NC1CCN(C(=O)C(C)Oc2cccnc2)CC1. The van der Waals surface area contributed by atoms with E-state index >= 15 is 0 Å². The van der Waals surface area contributed by atoms with Gasteiger partial charge in [0.25, 0.3) is 5.91 Å². The topological polar surface area (TPSA) is 71.5 Å². The summed E-state index contributed by atoms with van der Waals surface area (Å²) in [5.41, 5.74) is 0. The molecule has 0 radical (unpaired) electrons. The Bertz CT molecular complexity index is 484. The number of carbonyl (C=O) groups is 2. The third kappa shape index (κ3) is 4.44. The summed E-state index contributed by atoms with van der Waals surface area (Å²) in [5, 5.41) is 2.89. The van der Waals surface area contributed by atoms with Crippen molar-refractivity contribution in [3.05, 3.63) is 24.5 Å². The van der Waals surface area contributed by atoms with Crippen LogP contribution < -0.4 is 10.1 Å². The first kappa shape index (κ1) is 15.3. The molecule has 21 heavy (non-hydrogen) atoms. The van der Waals surface area contributed by atoms with Crippen LogP contribution in [-0.2, 0) is 9.59 Å². The molecular formula is C15H21N3O3. The summed E-state index contributed by atoms with van der Waals surface area (Å²) in [5.74, 6) is 0.541. The van der Waals surface area contributed by atoms with Gasteiger partial charge in [-0.3, -0.25) is 14.6 Å². The van der Waals surface area contributed by atoms with E-state index in [1.807, 2.05) is 0 Å². The standard InChI is InChI=1S/C15H21N3O3/c1-11(21-14-4-3-7-16-10-14)15(20)18-8-5-13(6-9-18)17-12(2)19/h3-4,7,10-11,13H,5-6,8-9H2,1-2H3,(H,17,19). The van der Waals surface area contributed by atoms with Crippen LogP contribution in [0.4, 0.5) is 0 Å². The molecule has 1 aliphatic heterocycles. The van der Waals surface area contributed by atoms with Crippen LogP contribution in [0.25, 0.3) is 0 Å². The van der Waals surface area contributed by atoms with Gasteiger partial charge in [-0.15, -0.1) is 0 Å². The molecule has 1 aromatic heterocycles. The van der Waals surface area contributed by atoms with Crippen LogP contribution in [0.5, 0.6) is 5.75 Å². The van der Waals surface area contributed by atoms with Crippen molar-refractivity contribution in [1.29, 1.82) is 0 Å². The molecule has 0 aliphatic carbocycles. The number of hydrogen-bond acceptors (Lipinski definition) is 4. The van der Waals surface area contributed by atoms with Crippen molar-refractivity contribution in [3.8, 4) is 5.75 Å². The Kier molecular flexibility index (Phi) is 5.14. The van der Waals surface area contributed by atoms with Gasteiger partial charge in [0.15, 0.2) is 6.10 Å². The summed E-state index contributed by atoms with van der Waals surface area (Å²) < 4.78 is 5.60. The Morgan fingerprint density at radius 2 is 2.14 bits per heavy atom. The van der Waals surface area contributed by atoms with E-state index in [-0.39, 0.29) is 17.9 Å². The molecule has 2 rings (SSSR count). The van der Waals surface area contributed by atoms with Crippen molar-refractivity contribution in [1.82, 2.24) is 15.2 Å². The van der Waals surface area contributed by atoms with Gasteiger partial charge in [-0.2, -0.15) is 0 Å². The monoisotopic (exact) mass is 291 g/mol. The second-order valence-electron chi connectivity index (χ2n) is 5.25. The molecule has 1 fully saturated rings. The fourth-order valence-corrected chi connectivity index (χ4v) is 2.46. The second-order valence-corrected chi connectivity index (χ2v) is 5.25. The van der Waals surface area contributed by atoms with Crippen molar-refractivity contribution in [2.45, 2.75) is 38.8 Å². The lowest BCUT2D eigenvalue weighted by Gasteiger charge is -2.33. The van der Waals surface area contributed by atoms with E-state index in [4.69, 9.17) is 4.74 Å². The molecule has 2 amide bonds. The highest BCUT2D eigenvalue weighted by molar-refractivity contribution is 5.81. The number of piperidine rings is 1. The Morgan fingerprint density at radius 3 is 2.71 bits per heavy atom. The first-order chi connectivity index (χ1) is 10.1. The Hall–Kier alpha value is -2.11. The molecule has 6 heteroatoms. The van der Waals surface area contributed by atoms with Gasteiger partial charge in [0.2, 0.25) is 5.91 Å². The summed E-state index contributed by atoms with van der Waals surface area (Å²) in [4.78, 5) is 29.1. The van der Waals surface area contributed by atoms with Gasteiger partial charge in [-0.25, -0.2) is 0 Å². The molecule has 0 saturated carbocycles.